The lowest BCUT2D eigenvalue weighted by molar-refractivity contribution is 0.638. The van der Waals surface area contributed by atoms with Gasteiger partial charge in [0.25, 0.3) is 0 Å². The first-order chi connectivity index (χ1) is 6.50. The van der Waals surface area contributed by atoms with Crippen molar-refractivity contribution in [1.82, 2.24) is 0 Å². The summed E-state index contributed by atoms with van der Waals surface area (Å²) < 4.78 is 0. The topological polar surface area (TPSA) is 29.3 Å². The van der Waals surface area contributed by atoms with Gasteiger partial charge in [0.2, 0.25) is 0 Å². The van der Waals surface area contributed by atoms with Crippen molar-refractivity contribution in [3.05, 3.63) is 23.8 Å². The first kappa shape index (κ1) is 10.9. The highest BCUT2D eigenvalue weighted by Crippen LogP contribution is 2.21. The second kappa shape index (κ2) is 4.36. The minimum absolute atomic E-state index is 0.678. The fraction of sp³-hybridized carbons (Fsp3) is 0.500. The Labute approximate surface area is 86.7 Å². The van der Waals surface area contributed by atoms with Crippen LogP contribution in [0.25, 0.3) is 0 Å². The van der Waals surface area contributed by atoms with Gasteiger partial charge in [0, 0.05) is 25.0 Å². The Balaban J connectivity index is 2.84. The average Bonchev–Trinajstić information content (AvgIpc) is 2.01. The normalized spacial score (nSPS) is 10.6. The van der Waals surface area contributed by atoms with Crippen molar-refractivity contribution >= 4 is 11.4 Å². The first-order valence-electron chi connectivity index (χ1n) is 5.08. The molecule has 78 valence electrons. The van der Waals surface area contributed by atoms with Crippen LogP contribution in [0.15, 0.2) is 18.2 Å². The molecule has 0 saturated carbocycles. The lowest BCUT2D eigenvalue weighted by Crippen LogP contribution is -2.23. The molecule has 2 N–H and O–H groups in total. The average molecular weight is 192 g/mol. The number of nitrogens with zero attached hydrogens (tertiary/aromatic N) is 1. The van der Waals surface area contributed by atoms with E-state index in [1.165, 1.54) is 11.3 Å². The molecular formula is C12H20N2. The standard InChI is InChI=1S/C12H20N2/c1-9(2)8-14(4)12-6-5-11(13)7-10(12)3/h5-7,9H,8,13H2,1-4H3. The molecule has 0 unspecified atom stereocenters. The molecule has 0 bridgehead atoms. The highest BCUT2D eigenvalue weighted by Gasteiger charge is 2.05. The molecule has 1 rings (SSSR count). The SMILES string of the molecule is Cc1cc(N)ccc1N(C)CC(C)C. The molecule has 1 aromatic rings. The summed E-state index contributed by atoms with van der Waals surface area (Å²) in [5.74, 6) is 0.678. The van der Waals surface area contributed by atoms with Crippen molar-refractivity contribution < 1.29 is 0 Å². The van der Waals surface area contributed by atoms with Crippen LogP contribution in [0.1, 0.15) is 19.4 Å². The second-order valence-electron chi connectivity index (χ2n) is 4.32. The van der Waals surface area contributed by atoms with Crippen molar-refractivity contribution in [3.8, 4) is 0 Å². The fourth-order valence-corrected chi connectivity index (χ4v) is 1.75. The number of rotatable bonds is 3. The number of hydrogen-bond acceptors (Lipinski definition) is 2. The molecule has 0 aromatic heterocycles. The maximum Gasteiger partial charge on any atom is 0.0394 e. The molecule has 0 radical (unpaired) electrons. The van der Waals surface area contributed by atoms with Gasteiger partial charge in [0.15, 0.2) is 0 Å². The van der Waals surface area contributed by atoms with Crippen molar-refractivity contribution in [2.24, 2.45) is 5.92 Å². The van der Waals surface area contributed by atoms with Crippen LogP contribution in [0.3, 0.4) is 0 Å². The van der Waals surface area contributed by atoms with Crippen LogP contribution in [-0.4, -0.2) is 13.6 Å². The minimum Gasteiger partial charge on any atom is -0.399 e. The van der Waals surface area contributed by atoms with Gasteiger partial charge in [-0.15, -0.1) is 0 Å². The lowest BCUT2D eigenvalue weighted by Gasteiger charge is -2.23. The predicted molar refractivity (Wildman–Crippen MR) is 63.7 cm³/mol. The largest absolute Gasteiger partial charge is 0.399 e. The third kappa shape index (κ3) is 2.66. The number of hydrogen-bond donors (Lipinski definition) is 1. The zero-order chi connectivity index (χ0) is 10.7. The summed E-state index contributed by atoms with van der Waals surface area (Å²) in [4.78, 5) is 2.28. The van der Waals surface area contributed by atoms with Crippen LogP contribution in [0.2, 0.25) is 0 Å². The molecule has 2 heteroatoms. The zero-order valence-electron chi connectivity index (χ0n) is 9.54. The zero-order valence-corrected chi connectivity index (χ0v) is 9.54. The van der Waals surface area contributed by atoms with E-state index in [0.29, 0.717) is 5.92 Å². The van der Waals surface area contributed by atoms with E-state index in [2.05, 4.69) is 38.8 Å². The Morgan fingerprint density at radius 3 is 2.50 bits per heavy atom. The van der Waals surface area contributed by atoms with Gasteiger partial charge in [-0.2, -0.15) is 0 Å². The van der Waals surface area contributed by atoms with Crippen LogP contribution in [0, 0.1) is 12.8 Å². The van der Waals surface area contributed by atoms with Gasteiger partial charge in [0.1, 0.15) is 0 Å². The monoisotopic (exact) mass is 192 g/mol. The van der Waals surface area contributed by atoms with E-state index in [-0.39, 0.29) is 0 Å². The number of nitrogen functional groups attached to an aromatic ring is 1. The molecule has 0 atom stereocenters. The maximum absolute atomic E-state index is 5.71. The molecule has 0 aliphatic carbocycles. The number of benzene rings is 1. The molecule has 0 amide bonds. The molecule has 2 nitrogen and oxygen atoms in total. The van der Waals surface area contributed by atoms with Crippen molar-refractivity contribution in [2.75, 3.05) is 24.2 Å². The Kier molecular flexibility index (Phi) is 3.39. The Morgan fingerprint density at radius 1 is 1.36 bits per heavy atom. The van der Waals surface area contributed by atoms with E-state index in [1.54, 1.807) is 0 Å². The number of nitrogens with two attached hydrogens (primary N) is 1. The molecule has 0 aliphatic rings. The summed E-state index contributed by atoms with van der Waals surface area (Å²) in [6.45, 7) is 7.62. The molecule has 14 heavy (non-hydrogen) atoms. The number of aryl methyl sites for hydroxylation is 1. The van der Waals surface area contributed by atoms with E-state index in [9.17, 15) is 0 Å². The summed E-state index contributed by atoms with van der Waals surface area (Å²) in [5.41, 5.74) is 9.06. The molecule has 0 saturated heterocycles. The highest BCUT2D eigenvalue weighted by molar-refractivity contribution is 5.58. The van der Waals surface area contributed by atoms with Gasteiger partial charge in [0.05, 0.1) is 0 Å². The second-order valence-corrected chi connectivity index (χ2v) is 4.32. The van der Waals surface area contributed by atoms with E-state index in [1.807, 2.05) is 12.1 Å². The number of anilines is 2. The molecule has 1 aromatic carbocycles. The minimum atomic E-state index is 0.678. The van der Waals surface area contributed by atoms with Crippen molar-refractivity contribution in [2.45, 2.75) is 20.8 Å². The molecule has 0 fully saturated rings. The first-order valence-corrected chi connectivity index (χ1v) is 5.08. The van der Waals surface area contributed by atoms with Crippen LogP contribution in [-0.2, 0) is 0 Å². The summed E-state index contributed by atoms with van der Waals surface area (Å²) in [7, 11) is 2.12. The van der Waals surface area contributed by atoms with Crippen molar-refractivity contribution in [1.29, 1.82) is 0 Å². The van der Waals surface area contributed by atoms with E-state index in [4.69, 9.17) is 5.73 Å². The van der Waals surface area contributed by atoms with E-state index < -0.39 is 0 Å². The van der Waals surface area contributed by atoms with Gasteiger partial charge < -0.3 is 10.6 Å². The van der Waals surface area contributed by atoms with Crippen LogP contribution in [0.4, 0.5) is 11.4 Å². The molecule has 0 aliphatic heterocycles. The third-order valence-corrected chi connectivity index (χ3v) is 2.27. The Hall–Kier alpha value is -1.18. The van der Waals surface area contributed by atoms with Gasteiger partial charge >= 0.3 is 0 Å². The maximum atomic E-state index is 5.71. The summed E-state index contributed by atoms with van der Waals surface area (Å²) in [5, 5.41) is 0. The molecule has 0 heterocycles. The van der Waals surface area contributed by atoms with Crippen molar-refractivity contribution in [3.63, 3.8) is 0 Å². The van der Waals surface area contributed by atoms with Gasteiger partial charge in [-0.25, -0.2) is 0 Å². The lowest BCUT2D eigenvalue weighted by atomic mass is 10.1. The smallest absolute Gasteiger partial charge is 0.0394 e. The third-order valence-electron chi connectivity index (χ3n) is 2.27. The summed E-state index contributed by atoms with van der Waals surface area (Å²) in [6.07, 6.45) is 0. The Bertz CT molecular complexity index is 305. The van der Waals surface area contributed by atoms with Gasteiger partial charge in [-0.1, -0.05) is 13.8 Å². The van der Waals surface area contributed by atoms with Gasteiger partial charge in [-0.05, 0) is 36.6 Å². The summed E-state index contributed by atoms with van der Waals surface area (Å²) in [6, 6.07) is 6.07. The quantitative estimate of drug-likeness (QED) is 0.746. The predicted octanol–water partition coefficient (Wildman–Crippen LogP) is 2.67. The summed E-state index contributed by atoms with van der Waals surface area (Å²) >= 11 is 0. The van der Waals surface area contributed by atoms with E-state index in [0.717, 1.165) is 12.2 Å². The van der Waals surface area contributed by atoms with Gasteiger partial charge in [-0.3, -0.25) is 0 Å². The van der Waals surface area contributed by atoms with Crippen LogP contribution in [0.5, 0.6) is 0 Å². The molecular weight excluding hydrogens is 172 g/mol. The van der Waals surface area contributed by atoms with Crippen LogP contribution >= 0.6 is 0 Å². The Morgan fingerprint density at radius 2 is 2.00 bits per heavy atom. The van der Waals surface area contributed by atoms with Crippen LogP contribution < -0.4 is 10.6 Å². The van der Waals surface area contributed by atoms with E-state index >= 15 is 0 Å². The highest BCUT2D eigenvalue weighted by atomic mass is 15.1. The molecule has 0 spiro atoms. The fourth-order valence-electron chi connectivity index (χ4n) is 1.75.